The van der Waals surface area contributed by atoms with E-state index in [1.807, 2.05) is 13.8 Å². The minimum Gasteiger partial charge on any atom is -0.372 e. The van der Waals surface area contributed by atoms with Gasteiger partial charge in [0.2, 0.25) is 0 Å². The van der Waals surface area contributed by atoms with Crippen LogP contribution in [0.15, 0.2) is 6.33 Å². The van der Waals surface area contributed by atoms with Gasteiger partial charge in [0, 0.05) is 13.0 Å². The number of ether oxygens (including phenoxy) is 1. The maximum atomic E-state index is 11.8. The van der Waals surface area contributed by atoms with Crippen molar-refractivity contribution in [3.8, 4) is 0 Å². The number of rotatable bonds is 8. The number of Topliss-reactive ketones (excluding diaryl/α,β-unsaturated/α-hetero) is 1. The highest BCUT2D eigenvalue weighted by molar-refractivity contribution is 5.80. The zero-order chi connectivity index (χ0) is 15.2. The van der Waals surface area contributed by atoms with Crippen LogP contribution in [0.4, 0.5) is 13.2 Å². The molecule has 114 valence electrons. The van der Waals surface area contributed by atoms with Crippen molar-refractivity contribution in [3.05, 3.63) is 12.2 Å². The maximum absolute atomic E-state index is 11.8. The number of carbonyl (C=O) groups excluding carboxylic acids is 1. The van der Waals surface area contributed by atoms with Crippen molar-refractivity contribution < 1.29 is 22.7 Å². The molecule has 0 aliphatic carbocycles. The fourth-order valence-electron chi connectivity index (χ4n) is 1.56. The Morgan fingerprint density at radius 2 is 2.15 bits per heavy atom. The molecule has 20 heavy (non-hydrogen) atoms. The smallest absolute Gasteiger partial charge is 0.372 e. The van der Waals surface area contributed by atoms with E-state index in [0.717, 1.165) is 0 Å². The van der Waals surface area contributed by atoms with E-state index in [2.05, 4.69) is 14.8 Å². The summed E-state index contributed by atoms with van der Waals surface area (Å²) >= 11 is 0. The second kappa shape index (κ2) is 7.37. The highest BCUT2D eigenvalue weighted by atomic mass is 19.4. The minimum atomic E-state index is -4.36. The second-order valence-electron chi connectivity index (χ2n) is 4.89. The first kappa shape index (κ1) is 16.6. The predicted octanol–water partition coefficient (Wildman–Crippen LogP) is 2.01. The molecule has 0 saturated heterocycles. The van der Waals surface area contributed by atoms with Crippen LogP contribution in [0.2, 0.25) is 0 Å². The van der Waals surface area contributed by atoms with Crippen LogP contribution in [0.5, 0.6) is 0 Å². The van der Waals surface area contributed by atoms with Crippen molar-refractivity contribution in [2.24, 2.45) is 5.92 Å². The lowest BCUT2D eigenvalue weighted by molar-refractivity contribution is -0.174. The average molecular weight is 293 g/mol. The highest BCUT2D eigenvalue weighted by Gasteiger charge is 2.27. The highest BCUT2D eigenvalue weighted by Crippen LogP contribution is 2.14. The standard InChI is InChI=1S/C12H18F3N3O2/c1-9(2)6-18-11(16-8-17-18)5-10(19)3-4-20-7-12(13,14)15/h8-9H,3-7H2,1-2H3. The predicted molar refractivity (Wildman–Crippen MR) is 65.1 cm³/mol. The summed E-state index contributed by atoms with van der Waals surface area (Å²) in [5.41, 5.74) is 0. The number of nitrogens with zero attached hydrogens (tertiary/aromatic N) is 3. The Balaban J connectivity index is 2.34. The SMILES string of the molecule is CC(C)Cn1ncnc1CC(=O)CCOCC(F)(F)F. The van der Waals surface area contributed by atoms with E-state index in [1.165, 1.54) is 6.33 Å². The van der Waals surface area contributed by atoms with E-state index in [-0.39, 0.29) is 25.2 Å². The monoisotopic (exact) mass is 293 g/mol. The molecule has 5 nitrogen and oxygen atoms in total. The Labute approximate surface area is 115 Å². The van der Waals surface area contributed by atoms with Crippen molar-refractivity contribution in [1.82, 2.24) is 14.8 Å². The minimum absolute atomic E-state index is 0.0576. The first-order valence-electron chi connectivity index (χ1n) is 6.31. The summed E-state index contributed by atoms with van der Waals surface area (Å²) in [7, 11) is 0. The summed E-state index contributed by atoms with van der Waals surface area (Å²) in [4.78, 5) is 15.6. The van der Waals surface area contributed by atoms with Crippen LogP contribution in [0.1, 0.15) is 26.1 Å². The zero-order valence-corrected chi connectivity index (χ0v) is 11.5. The Kier molecular flexibility index (Phi) is 6.12. The molecule has 0 atom stereocenters. The fourth-order valence-corrected chi connectivity index (χ4v) is 1.56. The van der Waals surface area contributed by atoms with Gasteiger partial charge in [-0.1, -0.05) is 13.8 Å². The normalized spacial score (nSPS) is 12.1. The van der Waals surface area contributed by atoms with Gasteiger partial charge in [0.25, 0.3) is 0 Å². The van der Waals surface area contributed by atoms with Crippen molar-refractivity contribution in [1.29, 1.82) is 0 Å². The molecule has 1 heterocycles. The van der Waals surface area contributed by atoms with Gasteiger partial charge in [0.15, 0.2) is 0 Å². The van der Waals surface area contributed by atoms with Crippen molar-refractivity contribution >= 4 is 5.78 Å². The van der Waals surface area contributed by atoms with Gasteiger partial charge in [-0.2, -0.15) is 18.3 Å². The summed E-state index contributed by atoms with van der Waals surface area (Å²) in [6.07, 6.45) is -3.00. The molecule has 0 spiro atoms. The van der Waals surface area contributed by atoms with E-state index in [0.29, 0.717) is 18.3 Å². The third kappa shape index (κ3) is 6.65. The van der Waals surface area contributed by atoms with Gasteiger partial charge < -0.3 is 4.74 Å². The molecule has 0 unspecified atom stereocenters. The number of hydrogen-bond donors (Lipinski definition) is 0. The summed E-state index contributed by atoms with van der Waals surface area (Å²) in [5.74, 6) is 0.672. The number of ketones is 1. The third-order valence-corrected chi connectivity index (χ3v) is 2.38. The van der Waals surface area contributed by atoms with Gasteiger partial charge in [0.1, 0.15) is 24.5 Å². The second-order valence-corrected chi connectivity index (χ2v) is 4.89. The van der Waals surface area contributed by atoms with E-state index in [9.17, 15) is 18.0 Å². The number of aromatic nitrogens is 3. The Hall–Kier alpha value is -1.44. The first-order chi connectivity index (χ1) is 9.28. The molecular formula is C12H18F3N3O2. The zero-order valence-electron chi connectivity index (χ0n) is 11.5. The lowest BCUT2D eigenvalue weighted by Gasteiger charge is -2.09. The molecule has 0 saturated carbocycles. The molecule has 0 aromatic carbocycles. The number of carbonyl (C=O) groups is 1. The molecule has 8 heteroatoms. The van der Waals surface area contributed by atoms with Gasteiger partial charge in [-0.05, 0) is 5.92 Å². The van der Waals surface area contributed by atoms with Crippen LogP contribution < -0.4 is 0 Å². The largest absolute Gasteiger partial charge is 0.411 e. The van der Waals surface area contributed by atoms with E-state index in [4.69, 9.17) is 0 Å². The fraction of sp³-hybridized carbons (Fsp3) is 0.750. The molecule has 1 aromatic heterocycles. The molecule has 0 bridgehead atoms. The molecule has 0 fully saturated rings. The topological polar surface area (TPSA) is 57.0 Å². The molecule has 0 amide bonds. The van der Waals surface area contributed by atoms with Crippen LogP contribution in [-0.2, 0) is 22.5 Å². The lowest BCUT2D eigenvalue weighted by atomic mass is 10.2. The van der Waals surface area contributed by atoms with E-state index < -0.39 is 12.8 Å². The van der Waals surface area contributed by atoms with Crippen LogP contribution in [0.3, 0.4) is 0 Å². The van der Waals surface area contributed by atoms with Crippen molar-refractivity contribution in [3.63, 3.8) is 0 Å². The van der Waals surface area contributed by atoms with Crippen molar-refractivity contribution in [2.45, 2.75) is 39.4 Å². The van der Waals surface area contributed by atoms with Crippen LogP contribution in [0.25, 0.3) is 0 Å². The summed E-state index contributed by atoms with van der Waals surface area (Å²) in [5, 5.41) is 4.01. The number of alkyl halides is 3. The van der Waals surface area contributed by atoms with Crippen LogP contribution in [-0.4, -0.2) is 39.9 Å². The van der Waals surface area contributed by atoms with Gasteiger partial charge in [-0.25, -0.2) is 9.67 Å². The van der Waals surface area contributed by atoms with Gasteiger partial charge in [0.05, 0.1) is 13.0 Å². The number of halogens is 3. The summed E-state index contributed by atoms with van der Waals surface area (Å²) in [6, 6.07) is 0. The quantitative estimate of drug-likeness (QED) is 0.688. The molecular weight excluding hydrogens is 275 g/mol. The van der Waals surface area contributed by atoms with Crippen LogP contribution >= 0.6 is 0 Å². The third-order valence-electron chi connectivity index (χ3n) is 2.38. The molecule has 1 aromatic rings. The molecule has 0 N–H and O–H groups in total. The first-order valence-corrected chi connectivity index (χ1v) is 6.31. The van der Waals surface area contributed by atoms with E-state index in [1.54, 1.807) is 4.68 Å². The number of hydrogen-bond acceptors (Lipinski definition) is 4. The molecule has 1 rings (SSSR count). The lowest BCUT2D eigenvalue weighted by Crippen LogP contribution is -2.19. The Morgan fingerprint density at radius 3 is 2.75 bits per heavy atom. The van der Waals surface area contributed by atoms with Gasteiger partial charge in [-0.3, -0.25) is 4.79 Å². The average Bonchev–Trinajstić information content (AvgIpc) is 2.70. The van der Waals surface area contributed by atoms with Crippen molar-refractivity contribution in [2.75, 3.05) is 13.2 Å². The summed E-state index contributed by atoms with van der Waals surface area (Å²) < 4.78 is 41.5. The van der Waals surface area contributed by atoms with E-state index >= 15 is 0 Å². The Bertz CT molecular complexity index is 430. The Morgan fingerprint density at radius 1 is 1.45 bits per heavy atom. The molecule has 0 radical (unpaired) electrons. The van der Waals surface area contributed by atoms with Gasteiger partial charge in [-0.15, -0.1) is 0 Å². The van der Waals surface area contributed by atoms with Crippen LogP contribution in [0, 0.1) is 5.92 Å². The summed E-state index contributed by atoms with van der Waals surface area (Å²) in [6.45, 7) is 3.10. The molecule has 0 aliphatic rings. The maximum Gasteiger partial charge on any atom is 0.411 e. The molecule has 0 aliphatic heterocycles. The van der Waals surface area contributed by atoms with Gasteiger partial charge >= 0.3 is 6.18 Å².